The van der Waals surface area contributed by atoms with E-state index in [4.69, 9.17) is 0 Å². The predicted molar refractivity (Wildman–Crippen MR) is 84.9 cm³/mol. The maximum Gasteiger partial charge on any atom is 0.243 e. The van der Waals surface area contributed by atoms with Crippen LogP contribution in [-0.4, -0.2) is 62.0 Å². The minimum atomic E-state index is 0.00880. The number of thioether (sulfide) groups is 1. The summed E-state index contributed by atoms with van der Waals surface area (Å²) in [7, 11) is 3.48. The number of rotatable bonds is 8. The number of aliphatic imine (C=N–C) groups is 1. The lowest BCUT2D eigenvalue weighted by molar-refractivity contribution is -0.127. The Labute approximate surface area is 121 Å². The van der Waals surface area contributed by atoms with Crippen LogP contribution in [0.5, 0.6) is 0 Å². The summed E-state index contributed by atoms with van der Waals surface area (Å²) in [6.07, 6.45) is 4.32. The number of unbranched alkanes of at least 4 members (excludes halogenated alkanes) is 1. The fourth-order valence-corrected chi connectivity index (χ4v) is 1.42. The van der Waals surface area contributed by atoms with Gasteiger partial charge in [-0.15, -0.1) is 0 Å². The fraction of sp³-hybridized carbons (Fsp3) is 0.846. The Hall–Kier alpha value is -0.910. The summed E-state index contributed by atoms with van der Waals surface area (Å²) in [5, 5.41) is 7.04. The van der Waals surface area contributed by atoms with Crippen LogP contribution in [0.15, 0.2) is 4.99 Å². The molecule has 0 aromatic rings. The summed E-state index contributed by atoms with van der Waals surface area (Å²) < 4.78 is 0. The van der Waals surface area contributed by atoms with E-state index in [0.717, 1.165) is 31.9 Å². The van der Waals surface area contributed by atoms with E-state index < -0.39 is 0 Å². The second-order valence-electron chi connectivity index (χ2n) is 4.66. The Bertz CT molecular complexity index is 282. The number of carbonyl (C=O) groups is 1. The van der Waals surface area contributed by atoms with Gasteiger partial charge in [0.2, 0.25) is 5.91 Å². The lowest BCUT2D eigenvalue weighted by Crippen LogP contribution is -2.41. The van der Waals surface area contributed by atoms with Crippen molar-refractivity contribution in [2.24, 2.45) is 4.99 Å². The SMILES string of the molecule is CCCCNC(=NCC(=O)N(C)C)NCC(C)SC. The second-order valence-corrected chi connectivity index (χ2v) is 5.94. The van der Waals surface area contributed by atoms with E-state index in [1.165, 1.54) is 0 Å². The molecular weight excluding hydrogens is 260 g/mol. The molecular formula is C13H28N4OS. The molecule has 0 aromatic carbocycles. The zero-order valence-electron chi connectivity index (χ0n) is 12.8. The van der Waals surface area contributed by atoms with Gasteiger partial charge in [0.15, 0.2) is 5.96 Å². The molecule has 0 radical (unpaired) electrons. The van der Waals surface area contributed by atoms with Gasteiger partial charge in [0.1, 0.15) is 6.54 Å². The van der Waals surface area contributed by atoms with Gasteiger partial charge < -0.3 is 15.5 Å². The zero-order chi connectivity index (χ0) is 14.7. The van der Waals surface area contributed by atoms with Gasteiger partial charge >= 0.3 is 0 Å². The molecule has 19 heavy (non-hydrogen) atoms. The number of hydrogen-bond donors (Lipinski definition) is 2. The molecule has 6 heteroatoms. The second kappa shape index (κ2) is 11.0. The lowest BCUT2D eigenvalue weighted by atomic mass is 10.3. The minimum Gasteiger partial charge on any atom is -0.356 e. The highest BCUT2D eigenvalue weighted by Crippen LogP contribution is 2.02. The van der Waals surface area contributed by atoms with Crippen LogP contribution < -0.4 is 10.6 Å². The summed E-state index contributed by atoms with van der Waals surface area (Å²) in [6.45, 7) is 6.22. The molecule has 2 N–H and O–H groups in total. The van der Waals surface area contributed by atoms with E-state index in [2.05, 4.69) is 35.7 Å². The van der Waals surface area contributed by atoms with Crippen molar-refractivity contribution in [3.05, 3.63) is 0 Å². The van der Waals surface area contributed by atoms with Gasteiger partial charge in [0.05, 0.1) is 0 Å². The number of nitrogens with zero attached hydrogens (tertiary/aromatic N) is 2. The van der Waals surface area contributed by atoms with Crippen molar-refractivity contribution < 1.29 is 4.79 Å². The zero-order valence-corrected chi connectivity index (χ0v) is 13.6. The molecule has 0 fully saturated rings. The summed E-state index contributed by atoms with van der Waals surface area (Å²) in [5.74, 6) is 0.735. The van der Waals surface area contributed by atoms with E-state index >= 15 is 0 Å². The van der Waals surface area contributed by atoms with E-state index in [1.807, 2.05) is 0 Å². The van der Waals surface area contributed by atoms with Crippen molar-refractivity contribution in [3.8, 4) is 0 Å². The van der Waals surface area contributed by atoms with Gasteiger partial charge in [-0.3, -0.25) is 4.79 Å². The summed E-state index contributed by atoms with van der Waals surface area (Å²) in [6, 6.07) is 0. The van der Waals surface area contributed by atoms with Gasteiger partial charge in [0, 0.05) is 32.4 Å². The van der Waals surface area contributed by atoms with Gasteiger partial charge in [-0.05, 0) is 12.7 Å². The Balaban J connectivity index is 4.30. The van der Waals surface area contributed by atoms with Crippen molar-refractivity contribution in [2.75, 3.05) is 40.0 Å². The molecule has 0 saturated heterocycles. The van der Waals surface area contributed by atoms with Gasteiger partial charge in [-0.2, -0.15) is 11.8 Å². The average Bonchev–Trinajstić information content (AvgIpc) is 2.40. The van der Waals surface area contributed by atoms with Crippen molar-refractivity contribution in [1.82, 2.24) is 15.5 Å². The van der Waals surface area contributed by atoms with Crippen molar-refractivity contribution in [2.45, 2.75) is 31.9 Å². The standard InChI is InChI=1S/C13H28N4OS/c1-6-7-8-14-13(15-9-11(2)19-5)16-10-12(18)17(3)4/h11H,6-10H2,1-5H3,(H2,14,15,16). The van der Waals surface area contributed by atoms with Crippen LogP contribution in [0.2, 0.25) is 0 Å². The third-order valence-electron chi connectivity index (χ3n) is 2.65. The van der Waals surface area contributed by atoms with Crippen molar-refractivity contribution in [3.63, 3.8) is 0 Å². The Morgan fingerprint density at radius 3 is 2.58 bits per heavy atom. The molecule has 0 aliphatic carbocycles. The molecule has 1 unspecified atom stereocenters. The molecule has 0 aliphatic heterocycles. The Morgan fingerprint density at radius 1 is 1.37 bits per heavy atom. The van der Waals surface area contributed by atoms with E-state index in [1.54, 1.807) is 30.8 Å². The smallest absolute Gasteiger partial charge is 0.243 e. The molecule has 0 spiro atoms. The maximum atomic E-state index is 11.5. The van der Waals surface area contributed by atoms with E-state index in [-0.39, 0.29) is 12.5 Å². The molecule has 0 aliphatic rings. The number of nitrogens with one attached hydrogen (secondary N) is 2. The highest BCUT2D eigenvalue weighted by molar-refractivity contribution is 7.99. The molecule has 0 heterocycles. The topological polar surface area (TPSA) is 56.7 Å². The molecule has 0 rings (SSSR count). The number of amides is 1. The molecule has 0 aromatic heterocycles. The number of guanidine groups is 1. The van der Waals surface area contributed by atoms with Crippen LogP contribution >= 0.6 is 11.8 Å². The van der Waals surface area contributed by atoms with E-state index in [0.29, 0.717) is 5.25 Å². The average molecular weight is 288 g/mol. The van der Waals surface area contributed by atoms with E-state index in [9.17, 15) is 4.79 Å². The summed E-state index contributed by atoms with van der Waals surface area (Å²) in [5.41, 5.74) is 0. The third-order valence-corrected chi connectivity index (χ3v) is 3.62. The summed E-state index contributed by atoms with van der Waals surface area (Å²) in [4.78, 5) is 17.4. The largest absolute Gasteiger partial charge is 0.356 e. The van der Waals surface area contributed by atoms with Crippen LogP contribution in [0.4, 0.5) is 0 Å². The van der Waals surface area contributed by atoms with Gasteiger partial charge in [0.25, 0.3) is 0 Å². The highest BCUT2D eigenvalue weighted by atomic mass is 32.2. The van der Waals surface area contributed by atoms with Crippen LogP contribution in [0.1, 0.15) is 26.7 Å². The monoisotopic (exact) mass is 288 g/mol. The van der Waals surface area contributed by atoms with Crippen molar-refractivity contribution >= 4 is 23.6 Å². The number of hydrogen-bond acceptors (Lipinski definition) is 3. The lowest BCUT2D eigenvalue weighted by Gasteiger charge is -2.15. The first-order valence-electron chi connectivity index (χ1n) is 6.76. The first-order valence-corrected chi connectivity index (χ1v) is 8.05. The minimum absolute atomic E-state index is 0.00880. The van der Waals surface area contributed by atoms with Crippen LogP contribution in [0, 0.1) is 0 Å². The first kappa shape index (κ1) is 18.1. The van der Waals surface area contributed by atoms with Crippen LogP contribution in [0.25, 0.3) is 0 Å². The number of likely N-dealkylation sites (N-methyl/N-ethyl adjacent to an activating group) is 1. The first-order chi connectivity index (χ1) is 9.01. The molecule has 1 atom stereocenters. The molecule has 0 bridgehead atoms. The van der Waals surface area contributed by atoms with Crippen molar-refractivity contribution in [1.29, 1.82) is 0 Å². The van der Waals surface area contributed by atoms with Crippen LogP contribution in [-0.2, 0) is 4.79 Å². The van der Waals surface area contributed by atoms with Gasteiger partial charge in [-0.1, -0.05) is 20.3 Å². The Kier molecular flexibility index (Phi) is 10.4. The molecule has 112 valence electrons. The van der Waals surface area contributed by atoms with Crippen LogP contribution in [0.3, 0.4) is 0 Å². The Morgan fingerprint density at radius 2 is 2.05 bits per heavy atom. The maximum absolute atomic E-state index is 11.5. The number of carbonyl (C=O) groups excluding carboxylic acids is 1. The fourth-order valence-electron chi connectivity index (χ4n) is 1.17. The normalized spacial score (nSPS) is 13.0. The molecule has 5 nitrogen and oxygen atoms in total. The molecule has 0 saturated carbocycles. The van der Waals surface area contributed by atoms with Gasteiger partial charge in [-0.25, -0.2) is 4.99 Å². The quantitative estimate of drug-likeness (QED) is 0.400. The molecule has 1 amide bonds. The third kappa shape index (κ3) is 9.64. The highest BCUT2D eigenvalue weighted by Gasteiger charge is 2.05. The predicted octanol–water partition coefficient (Wildman–Crippen LogP) is 1.16. The summed E-state index contributed by atoms with van der Waals surface area (Å²) >= 11 is 1.80.